The molecule has 0 fully saturated rings. The van der Waals surface area contributed by atoms with Gasteiger partial charge in [0, 0.05) is 19.3 Å². The van der Waals surface area contributed by atoms with Crippen molar-refractivity contribution in [2.24, 2.45) is 0 Å². The molecule has 63 heavy (non-hydrogen) atoms. The number of hydrogen-bond acceptors (Lipinski definition) is 6. The van der Waals surface area contributed by atoms with Crippen LogP contribution in [0.15, 0.2) is 97.2 Å². The second-order valence-electron chi connectivity index (χ2n) is 16.7. The van der Waals surface area contributed by atoms with Gasteiger partial charge in [0.2, 0.25) is 0 Å². The van der Waals surface area contributed by atoms with Crippen molar-refractivity contribution in [2.75, 3.05) is 13.2 Å². The first kappa shape index (κ1) is 59.3. The number of hydrogen-bond donors (Lipinski definition) is 0. The monoisotopic (exact) mass is 875 g/mol. The van der Waals surface area contributed by atoms with E-state index in [9.17, 15) is 14.4 Å². The second-order valence-corrected chi connectivity index (χ2v) is 16.7. The average Bonchev–Trinajstić information content (AvgIpc) is 3.28. The summed E-state index contributed by atoms with van der Waals surface area (Å²) in [7, 11) is 0. The molecule has 0 aromatic rings. The molecule has 0 spiro atoms. The Morgan fingerprint density at radius 1 is 0.333 bits per heavy atom. The van der Waals surface area contributed by atoms with Crippen LogP contribution in [0.2, 0.25) is 0 Å². The molecule has 0 aliphatic rings. The molecule has 0 aliphatic carbocycles. The average molecular weight is 875 g/mol. The summed E-state index contributed by atoms with van der Waals surface area (Å²) in [4.78, 5) is 37.9. The van der Waals surface area contributed by atoms with E-state index in [1.165, 1.54) is 77.0 Å². The van der Waals surface area contributed by atoms with Crippen LogP contribution in [0.4, 0.5) is 0 Å². The van der Waals surface area contributed by atoms with Crippen LogP contribution >= 0.6 is 0 Å². The first-order chi connectivity index (χ1) is 31.0. The minimum Gasteiger partial charge on any atom is -0.462 e. The normalized spacial score (nSPS) is 12.9. The van der Waals surface area contributed by atoms with Crippen molar-refractivity contribution in [3.8, 4) is 0 Å². The van der Waals surface area contributed by atoms with E-state index in [0.717, 1.165) is 103 Å². The molecular formula is C57H94O6. The van der Waals surface area contributed by atoms with Crippen LogP contribution in [0.5, 0.6) is 0 Å². The Labute approximate surface area is 387 Å². The molecule has 0 saturated carbocycles. The summed E-state index contributed by atoms with van der Waals surface area (Å²) < 4.78 is 16.7. The fourth-order valence-electron chi connectivity index (χ4n) is 6.69. The summed E-state index contributed by atoms with van der Waals surface area (Å²) in [5.41, 5.74) is 0. The summed E-state index contributed by atoms with van der Waals surface area (Å²) in [5, 5.41) is 0. The molecule has 6 heteroatoms. The van der Waals surface area contributed by atoms with Crippen molar-refractivity contribution in [3.63, 3.8) is 0 Å². The van der Waals surface area contributed by atoms with Crippen LogP contribution < -0.4 is 0 Å². The van der Waals surface area contributed by atoms with Gasteiger partial charge in [-0.25, -0.2) is 0 Å². The Morgan fingerprint density at radius 3 is 1.08 bits per heavy atom. The smallest absolute Gasteiger partial charge is 0.306 e. The van der Waals surface area contributed by atoms with Crippen molar-refractivity contribution in [2.45, 2.75) is 232 Å². The minimum atomic E-state index is -0.824. The Morgan fingerprint density at radius 2 is 0.651 bits per heavy atom. The van der Waals surface area contributed by atoms with Crippen LogP contribution in [0.1, 0.15) is 226 Å². The largest absolute Gasteiger partial charge is 0.462 e. The Kier molecular flexibility index (Phi) is 48.0. The number of ether oxygens (including phenoxy) is 3. The highest BCUT2D eigenvalue weighted by molar-refractivity contribution is 5.71. The third-order valence-corrected chi connectivity index (χ3v) is 10.6. The van der Waals surface area contributed by atoms with Crippen molar-refractivity contribution in [1.82, 2.24) is 0 Å². The number of carbonyl (C=O) groups is 3. The van der Waals surface area contributed by atoms with E-state index >= 15 is 0 Å². The van der Waals surface area contributed by atoms with E-state index in [4.69, 9.17) is 14.2 Å². The van der Waals surface area contributed by atoms with Gasteiger partial charge in [0.15, 0.2) is 6.10 Å². The van der Waals surface area contributed by atoms with Gasteiger partial charge >= 0.3 is 17.9 Å². The molecule has 0 heterocycles. The van der Waals surface area contributed by atoms with E-state index in [1.807, 2.05) is 12.2 Å². The third-order valence-electron chi connectivity index (χ3n) is 10.6. The molecule has 1 atom stereocenters. The molecule has 6 nitrogen and oxygen atoms in total. The zero-order chi connectivity index (χ0) is 45.8. The summed E-state index contributed by atoms with van der Waals surface area (Å²) >= 11 is 0. The standard InChI is InChI=1S/C57H94O6/c1-4-7-10-13-16-19-22-25-26-27-28-29-30-33-35-38-41-44-47-50-56(59)62-53-54(63-57(60)51-48-45-42-39-36-32-24-21-18-15-12-9-6-3)52-61-55(58)49-46-43-40-37-34-31-23-20-17-14-11-8-5-2/h9,12,16,18-21,23,25-26,28-29,32,36,42,45,54H,4-8,10-11,13-15,17,22,24,27,30-31,33-35,37-41,43-44,46-53H2,1-3H3/b12-9-,19-16-,21-18-,23-20-,26-25-,29-28-,36-32-,45-42-. The molecule has 0 N–H and O–H groups in total. The molecule has 0 bridgehead atoms. The van der Waals surface area contributed by atoms with Gasteiger partial charge in [0.1, 0.15) is 13.2 Å². The predicted molar refractivity (Wildman–Crippen MR) is 270 cm³/mol. The van der Waals surface area contributed by atoms with E-state index in [1.54, 1.807) is 0 Å². The zero-order valence-corrected chi connectivity index (χ0v) is 40.8. The number of esters is 3. The maximum Gasteiger partial charge on any atom is 0.306 e. The van der Waals surface area contributed by atoms with E-state index < -0.39 is 12.1 Å². The fourth-order valence-corrected chi connectivity index (χ4v) is 6.69. The van der Waals surface area contributed by atoms with Crippen molar-refractivity contribution in [1.29, 1.82) is 0 Å². The molecule has 0 aromatic heterocycles. The van der Waals surface area contributed by atoms with Gasteiger partial charge in [-0.15, -0.1) is 0 Å². The number of carbonyl (C=O) groups excluding carboxylic acids is 3. The minimum absolute atomic E-state index is 0.116. The predicted octanol–water partition coefficient (Wildman–Crippen LogP) is 17.0. The molecule has 0 aromatic carbocycles. The second kappa shape index (κ2) is 51.0. The first-order valence-electron chi connectivity index (χ1n) is 25.7. The molecule has 0 amide bonds. The van der Waals surface area contributed by atoms with Crippen LogP contribution in [0, 0.1) is 0 Å². The van der Waals surface area contributed by atoms with E-state index in [-0.39, 0.29) is 31.6 Å². The molecule has 0 saturated heterocycles. The Bertz CT molecular complexity index is 1280. The van der Waals surface area contributed by atoms with Crippen LogP contribution in [0.25, 0.3) is 0 Å². The van der Waals surface area contributed by atoms with Gasteiger partial charge in [-0.3, -0.25) is 14.4 Å². The van der Waals surface area contributed by atoms with Gasteiger partial charge < -0.3 is 14.2 Å². The number of unbranched alkanes of at least 4 members (excludes halogenated alkanes) is 18. The number of rotatable bonds is 45. The highest BCUT2D eigenvalue weighted by Gasteiger charge is 2.19. The molecule has 0 radical (unpaired) electrons. The number of allylic oxidation sites excluding steroid dienone is 16. The third kappa shape index (κ3) is 49.2. The molecule has 0 rings (SSSR count). The summed E-state index contributed by atoms with van der Waals surface area (Å²) in [6.07, 6.45) is 66.9. The lowest BCUT2D eigenvalue weighted by atomic mass is 10.1. The molecule has 1 unspecified atom stereocenters. The lowest BCUT2D eigenvalue weighted by molar-refractivity contribution is -0.166. The van der Waals surface area contributed by atoms with E-state index in [0.29, 0.717) is 19.3 Å². The topological polar surface area (TPSA) is 78.9 Å². The Balaban J connectivity index is 4.48. The lowest BCUT2D eigenvalue weighted by Crippen LogP contribution is -2.30. The van der Waals surface area contributed by atoms with Gasteiger partial charge in [-0.1, -0.05) is 195 Å². The highest BCUT2D eigenvalue weighted by Crippen LogP contribution is 2.13. The lowest BCUT2D eigenvalue weighted by Gasteiger charge is -2.18. The first-order valence-corrected chi connectivity index (χ1v) is 25.7. The summed E-state index contributed by atoms with van der Waals surface area (Å²) in [6.45, 7) is 6.39. The van der Waals surface area contributed by atoms with Crippen molar-refractivity contribution >= 4 is 17.9 Å². The maximum atomic E-state index is 12.7. The van der Waals surface area contributed by atoms with Gasteiger partial charge in [0.05, 0.1) is 0 Å². The highest BCUT2D eigenvalue weighted by atomic mass is 16.6. The summed E-state index contributed by atoms with van der Waals surface area (Å²) in [5.74, 6) is -1.02. The van der Waals surface area contributed by atoms with E-state index in [2.05, 4.69) is 106 Å². The van der Waals surface area contributed by atoms with Gasteiger partial charge in [-0.05, 0) is 109 Å². The van der Waals surface area contributed by atoms with Crippen LogP contribution in [-0.4, -0.2) is 37.2 Å². The summed E-state index contributed by atoms with van der Waals surface area (Å²) in [6, 6.07) is 0. The molecule has 0 aliphatic heterocycles. The van der Waals surface area contributed by atoms with Crippen LogP contribution in [-0.2, 0) is 28.6 Å². The SMILES string of the molecule is CC/C=C\C/C=C\C/C=C\C/C=C\CCC(=O)OC(COC(=O)CCCCCCC/C=C\CCCCCC)COC(=O)CCCCCCCC/C=C\C/C=C\C/C=C\CCCCC. The van der Waals surface area contributed by atoms with Gasteiger partial charge in [0.25, 0.3) is 0 Å². The zero-order valence-electron chi connectivity index (χ0n) is 40.8. The maximum absolute atomic E-state index is 12.7. The molecular weight excluding hydrogens is 781 g/mol. The fraction of sp³-hybridized carbons (Fsp3) is 0.667. The molecule has 358 valence electrons. The quantitative estimate of drug-likeness (QED) is 0.0262. The van der Waals surface area contributed by atoms with Crippen molar-refractivity contribution in [3.05, 3.63) is 97.2 Å². The Hall–Kier alpha value is -3.67. The van der Waals surface area contributed by atoms with Crippen molar-refractivity contribution < 1.29 is 28.6 Å². The van der Waals surface area contributed by atoms with Crippen LogP contribution in [0.3, 0.4) is 0 Å². The van der Waals surface area contributed by atoms with Gasteiger partial charge in [-0.2, -0.15) is 0 Å².